The van der Waals surface area contributed by atoms with Gasteiger partial charge >= 0.3 is 0 Å². The Morgan fingerprint density at radius 3 is 1.24 bits per heavy atom. The van der Waals surface area contributed by atoms with Crippen LogP contribution in [0.3, 0.4) is 0 Å². The van der Waals surface area contributed by atoms with Gasteiger partial charge in [0.25, 0.3) is 11.1 Å². The minimum absolute atomic E-state index is 0.0120. The van der Waals surface area contributed by atoms with Crippen molar-refractivity contribution in [2.75, 3.05) is 0 Å². The molecule has 0 atom stereocenters. The van der Waals surface area contributed by atoms with Gasteiger partial charge in [-0.3, -0.25) is 18.4 Å². The molecule has 0 spiro atoms. The monoisotopic (exact) mass is 692 g/mol. The standard InChI is InChI=1S/2C24H14N2O/c27-24-19-10-6-9-17-16(15-7-2-1-3-8-15)13-14-18(22(17)19)23-25-20-11-4-5-12-21(20)26(23)24;27-24-19-14-13-16(15-7-2-1-3-8-15)17-9-6-10-18(22(17)19)23-25-20-11-4-5-12-21(20)26(23)24/h2*1-14H. The molecule has 0 unspecified atom stereocenters. The van der Waals surface area contributed by atoms with Crippen molar-refractivity contribution in [1.29, 1.82) is 0 Å². The first kappa shape index (κ1) is 30.2. The van der Waals surface area contributed by atoms with Crippen LogP contribution >= 0.6 is 0 Å². The summed E-state index contributed by atoms with van der Waals surface area (Å²) in [5, 5.41) is 7.64. The van der Waals surface area contributed by atoms with Crippen LogP contribution in [0.2, 0.25) is 0 Å². The fourth-order valence-corrected chi connectivity index (χ4v) is 8.35. The van der Waals surface area contributed by atoms with Crippen LogP contribution in [-0.2, 0) is 0 Å². The average Bonchev–Trinajstić information content (AvgIpc) is 3.83. The van der Waals surface area contributed by atoms with Crippen LogP contribution in [0.5, 0.6) is 0 Å². The van der Waals surface area contributed by atoms with Gasteiger partial charge in [-0.05, 0) is 75.5 Å². The summed E-state index contributed by atoms with van der Waals surface area (Å²) >= 11 is 0. The Morgan fingerprint density at radius 2 is 0.722 bits per heavy atom. The second-order valence-corrected chi connectivity index (χ2v) is 13.6. The molecule has 4 heterocycles. The molecule has 0 N–H and O–H groups in total. The van der Waals surface area contributed by atoms with Gasteiger partial charge in [0.15, 0.2) is 0 Å². The third-order valence-electron chi connectivity index (χ3n) is 10.7. The third-order valence-corrected chi connectivity index (χ3v) is 10.7. The molecule has 0 radical (unpaired) electrons. The van der Waals surface area contributed by atoms with E-state index >= 15 is 0 Å². The number of pyridine rings is 2. The van der Waals surface area contributed by atoms with Crippen molar-refractivity contribution in [3.8, 4) is 22.3 Å². The molecule has 0 aliphatic heterocycles. The molecule has 54 heavy (non-hydrogen) atoms. The zero-order valence-corrected chi connectivity index (χ0v) is 28.8. The molecule has 12 rings (SSSR count). The summed E-state index contributed by atoms with van der Waals surface area (Å²) in [5.41, 5.74) is 9.38. The number of aromatic nitrogens is 4. The number of hydrogen-bond acceptors (Lipinski definition) is 4. The lowest BCUT2D eigenvalue weighted by atomic mass is 9.94. The van der Waals surface area contributed by atoms with E-state index in [1.54, 1.807) is 8.80 Å². The third kappa shape index (κ3) is 4.28. The van der Waals surface area contributed by atoms with Crippen molar-refractivity contribution < 1.29 is 0 Å². The van der Waals surface area contributed by atoms with Gasteiger partial charge in [0.2, 0.25) is 0 Å². The van der Waals surface area contributed by atoms with Crippen molar-refractivity contribution >= 4 is 76.5 Å². The number of imidazole rings is 2. The van der Waals surface area contributed by atoms with Crippen LogP contribution < -0.4 is 11.1 Å². The maximum Gasteiger partial charge on any atom is 0.264 e. The minimum atomic E-state index is -0.0120. The summed E-state index contributed by atoms with van der Waals surface area (Å²) in [4.78, 5) is 36.2. The van der Waals surface area contributed by atoms with Crippen LogP contribution in [0, 0.1) is 0 Å². The predicted molar refractivity (Wildman–Crippen MR) is 221 cm³/mol. The van der Waals surface area contributed by atoms with Crippen LogP contribution in [0.15, 0.2) is 179 Å². The van der Waals surface area contributed by atoms with E-state index in [1.165, 1.54) is 0 Å². The Kier molecular flexibility index (Phi) is 6.45. The fourth-order valence-electron chi connectivity index (χ4n) is 8.35. The number of fused-ring (bicyclic) bond motifs is 8. The molecule has 0 aliphatic rings. The molecule has 4 aromatic heterocycles. The van der Waals surface area contributed by atoms with Gasteiger partial charge in [-0.1, -0.05) is 127 Å². The van der Waals surface area contributed by atoms with Crippen LogP contribution in [-0.4, -0.2) is 18.8 Å². The quantitative estimate of drug-likeness (QED) is 0.181. The second-order valence-electron chi connectivity index (χ2n) is 13.6. The van der Waals surface area contributed by atoms with Gasteiger partial charge in [-0.15, -0.1) is 0 Å². The molecule has 12 aromatic rings. The van der Waals surface area contributed by atoms with E-state index in [9.17, 15) is 9.59 Å². The number of para-hydroxylation sites is 4. The van der Waals surface area contributed by atoms with Gasteiger partial charge < -0.3 is 0 Å². The van der Waals surface area contributed by atoms with E-state index in [1.807, 2.05) is 109 Å². The first-order valence-electron chi connectivity index (χ1n) is 17.9. The van der Waals surface area contributed by atoms with Gasteiger partial charge in [0.1, 0.15) is 11.3 Å². The lowest BCUT2D eigenvalue weighted by Crippen LogP contribution is -2.13. The lowest BCUT2D eigenvalue weighted by Gasteiger charge is -2.11. The van der Waals surface area contributed by atoms with E-state index in [-0.39, 0.29) is 11.1 Å². The number of rotatable bonds is 2. The Morgan fingerprint density at radius 1 is 0.333 bits per heavy atom. The van der Waals surface area contributed by atoms with Gasteiger partial charge in [-0.25, -0.2) is 9.97 Å². The molecular weight excluding hydrogens is 665 g/mol. The smallest absolute Gasteiger partial charge is 0.264 e. The van der Waals surface area contributed by atoms with Crippen LogP contribution in [0.4, 0.5) is 0 Å². The van der Waals surface area contributed by atoms with E-state index < -0.39 is 0 Å². The highest BCUT2D eigenvalue weighted by Crippen LogP contribution is 2.37. The molecule has 0 saturated heterocycles. The summed E-state index contributed by atoms with van der Waals surface area (Å²) < 4.78 is 3.49. The summed E-state index contributed by atoms with van der Waals surface area (Å²) in [5.74, 6) is 0. The van der Waals surface area contributed by atoms with Gasteiger partial charge in [-0.2, -0.15) is 0 Å². The van der Waals surface area contributed by atoms with Crippen molar-refractivity contribution in [2.45, 2.75) is 0 Å². The van der Waals surface area contributed by atoms with Crippen molar-refractivity contribution in [3.63, 3.8) is 0 Å². The Hall–Kier alpha value is -7.44. The molecular formula is C48H28N4O2. The fraction of sp³-hybridized carbons (Fsp3) is 0. The first-order chi connectivity index (χ1) is 26.7. The van der Waals surface area contributed by atoms with E-state index in [0.717, 1.165) is 98.7 Å². The highest BCUT2D eigenvalue weighted by Gasteiger charge is 2.19. The summed E-state index contributed by atoms with van der Waals surface area (Å²) in [6, 6.07) is 56.6. The average molecular weight is 693 g/mol. The normalized spacial score (nSPS) is 11.9. The number of benzene rings is 8. The van der Waals surface area contributed by atoms with Crippen molar-refractivity contribution in [3.05, 3.63) is 191 Å². The topological polar surface area (TPSA) is 68.7 Å². The summed E-state index contributed by atoms with van der Waals surface area (Å²) in [6.07, 6.45) is 0. The number of hydrogen-bond donors (Lipinski definition) is 0. The zero-order chi connectivity index (χ0) is 35.9. The maximum atomic E-state index is 13.3. The zero-order valence-electron chi connectivity index (χ0n) is 28.8. The van der Waals surface area contributed by atoms with Gasteiger partial charge in [0.05, 0.1) is 22.1 Å². The highest BCUT2D eigenvalue weighted by atomic mass is 16.1. The molecule has 0 amide bonds. The molecule has 0 aliphatic carbocycles. The molecule has 0 fully saturated rings. The lowest BCUT2D eigenvalue weighted by molar-refractivity contribution is 1.19. The summed E-state index contributed by atoms with van der Waals surface area (Å²) in [7, 11) is 0. The molecule has 6 nitrogen and oxygen atoms in total. The van der Waals surface area contributed by atoms with Gasteiger partial charge in [0, 0.05) is 32.3 Å². The van der Waals surface area contributed by atoms with Crippen molar-refractivity contribution in [2.24, 2.45) is 0 Å². The molecule has 0 saturated carbocycles. The Labute approximate surface area is 307 Å². The molecule has 8 aromatic carbocycles. The molecule has 0 bridgehead atoms. The van der Waals surface area contributed by atoms with E-state index in [4.69, 9.17) is 9.97 Å². The first-order valence-corrected chi connectivity index (χ1v) is 17.9. The number of nitrogens with zero attached hydrogens (tertiary/aromatic N) is 4. The van der Waals surface area contributed by atoms with Crippen LogP contribution in [0.1, 0.15) is 0 Å². The van der Waals surface area contributed by atoms with Crippen molar-refractivity contribution in [1.82, 2.24) is 18.8 Å². The molecule has 6 heteroatoms. The van der Waals surface area contributed by atoms with Crippen LogP contribution in [0.25, 0.3) is 98.7 Å². The molecule has 252 valence electrons. The minimum Gasteiger partial charge on any atom is -0.268 e. The van der Waals surface area contributed by atoms with E-state index in [2.05, 4.69) is 60.7 Å². The SMILES string of the molecule is O=c1c2ccc(-c3ccccc3)c3cccc(c32)c2nc3ccccc3n12.O=c1c2cccc3c(-c4ccccc4)ccc(c32)c2nc3ccccc3n12. The summed E-state index contributed by atoms with van der Waals surface area (Å²) in [6.45, 7) is 0. The Bertz CT molecular complexity index is 3350. The van der Waals surface area contributed by atoms with E-state index in [0.29, 0.717) is 0 Å². The largest absolute Gasteiger partial charge is 0.268 e. The predicted octanol–water partition coefficient (Wildman–Crippen LogP) is 10.5. The Balaban J connectivity index is 0.000000126. The maximum absolute atomic E-state index is 13.3. The second kappa shape index (κ2) is 11.5. The highest BCUT2D eigenvalue weighted by molar-refractivity contribution is 6.20.